The topological polar surface area (TPSA) is 46.5 Å². The Hall–Kier alpha value is -2.21. The summed E-state index contributed by atoms with van der Waals surface area (Å²) in [5.41, 5.74) is 0. The summed E-state index contributed by atoms with van der Waals surface area (Å²) in [6.45, 7) is 0.161. The zero-order chi connectivity index (χ0) is 14.5. The number of halogens is 2. The van der Waals surface area contributed by atoms with E-state index in [4.69, 9.17) is 9.84 Å². The van der Waals surface area contributed by atoms with Crippen molar-refractivity contribution < 1.29 is 23.4 Å². The molecule has 0 amide bonds. The van der Waals surface area contributed by atoms with Gasteiger partial charge < -0.3 is 9.84 Å². The molecule has 0 fully saturated rings. The number of benzene rings is 1. The minimum absolute atomic E-state index is 0.110. The predicted octanol–water partition coefficient (Wildman–Crippen LogP) is 3.70. The summed E-state index contributed by atoms with van der Waals surface area (Å²) in [6.07, 6.45) is 2.51. The molecule has 0 spiro atoms. The molecule has 0 bridgehead atoms. The minimum Gasteiger partial charge on any atom is -0.488 e. The van der Waals surface area contributed by atoms with Crippen molar-refractivity contribution in [2.24, 2.45) is 0 Å². The maximum Gasteiger partial charge on any atom is 0.328 e. The van der Waals surface area contributed by atoms with Crippen LogP contribution in [0.5, 0.6) is 5.75 Å². The predicted molar refractivity (Wildman–Crippen MR) is 71.7 cm³/mol. The molecule has 1 aromatic carbocycles. The molecule has 0 atom stereocenters. The van der Waals surface area contributed by atoms with Gasteiger partial charge in [-0.15, -0.1) is 11.3 Å². The van der Waals surface area contributed by atoms with E-state index in [9.17, 15) is 13.6 Å². The highest BCUT2D eigenvalue weighted by Crippen LogP contribution is 2.21. The Morgan fingerprint density at radius 3 is 2.60 bits per heavy atom. The molecule has 0 aliphatic carbocycles. The third kappa shape index (κ3) is 4.17. The van der Waals surface area contributed by atoms with E-state index < -0.39 is 17.6 Å². The van der Waals surface area contributed by atoms with Gasteiger partial charge in [-0.05, 0) is 18.2 Å². The van der Waals surface area contributed by atoms with Crippen molar-refractivity contribution in [2.45, 2.75) is 6.61 Å². The molecule has 0 aliphatic rings. The second-order valence-electron chi connectivity index (χ2n) is 3.87. The van der Waals surface area contributed by atoms with Crippen LogP contribution in [-0.2, 0) is 11.4 Å². The van der Waals surface area contributed by atoms with Crippen LogP contribution in [0.15, 0.2) is 36.4 Å². The molecule has 6 heteroatoms. The van der Waals surface area contributed by atoms with E-state index in [1.54, 1.807) is 12.1 Å². The van der Waals surface area contributed by atoms with Gasteiger partial charge in [0.25, 0.3) is 0 Å². The number of carboxylic acids is 1. The molecule has 2 aromatic rings. The van der Waals surface area contributed by atoms with E-state index in [-0.39, 0.29) is 12.4 Å². The number of hydrogen-bond donors (Lipinski definition) is 1. The zero-order valence-corrected chi connectivity index (χ0v) is 11.0. The van der Waals surface area contributed by atoms with Gasteiger partial charge in [-0.25, -0.2) is 13.6 Å². The number of carbonyl (C=O) groups is 1. The van der Waals surface area contributed by atoms with Crippen LogP contribution in [0.4, 0.5) is 8.78 Å². The van der Waals surface area contributed by atoms with E-state index in [0.717, 1.165) is 34.0 Å². The fourth-order valence-corrected chi connectivity index (χ4v) is 2.31. The van der Waals surface area contributed by atoms with Gasteiger partial charge in [0.05, 0.1) is 0 Å². The minimum atomic E-state index is -1.02. The lowest BCUT2D eigenvalue weighted by molar-refractivity contribution is -0.131. The second-order valence-corrected chi connectivity index (χ2v) is 5.07. The Morgan fingerprint density at radius 1 is 1.25 bits per heavy atom. The van der Waals surface area contributed by atoms with E-state index >= 15 is 0 Å². The molecule has 3 nitrogen and oxygen atoms in total. The summed E-state index contributed by atoms with van der Waals surface area (Å²) in [5.74, 6) is -2.31. The van der Waals surface area contributed by atoms with Crippen molar-refractivity contribution in [3.8, 4) is 5.75 Å². The standard InChI is InChI=1S/C14H10F2O3S/c15-9-5-10(16)7-11(6-9)19-8-13-2-1-12(20-13)3-4-14(17)18/h1-7H,8H2,(H,17,18). The maximum absolute atomic E-state index is 13.0. The van der Waals surface area contributed by atoms with Gasteiger partial charge >= 0.3 is 5.97 Å². The van der Waals surface area contributed by atoms with Gasteiger partial charge in [0, 0.05) is 34.0 Å². The third-order valence-electron chi connectivity index (χ3n) is 2.29. The lowest BCUT2D eigenvalue weighted by Crippen LogP contribution is -1.94. The lowest BCUT2D eigenvalue weighted by atomic mass is 10.3. The van der Waals surface area contributed by atoms with Crippen LogP contribution < -0.4 is 4.74 Å². The highest BCUT2D eigenvalue weighted by atomic mass is 32.1. The van der Waals surface area contributed by atoms with Gasteiger partial charge in [0.2, 0.25) is 0 Å². The largest absolute Gasteiger partial charge is 0.488 e. The summed E-state index contributed by atoms with van der Waals surface area (Å²) in [7, 11) is 0. The second kappa shape index (κ2) is 6.29. The Bertz CT molecular complexity index is 629. The molecular weight excluding hydrogens is 286 g/mol. The van der Waals surface area contributed by atoms with Crippen molar-refractivity contribution in [1.29, 1.82) is 0 Å². The Balaban J connectivity index is 1.99. The smallest absolute Gasteiger partial charge is 0.328 e. The van der Waals surface area contributed by atoms with E-state index in [2.05, 4.69) is 0 Å². The zero-order valence-electron chi connectivity index (χ0n) is 10.2. The van der Waals surface area contributed by atoms with Crippen LogP contribution in [0.1, 0.15) is 9.75 Å². The Kier molecular flexibility index (Phi) is 4.47. The third-order valence-corrected chi connectivity index (χ3v) is 3.31. The highest BCUT2D eigenvalue weighted by molar-refractivity contribution is 7.12. The summed E-state index contributed by atoms with van der Waals surface area (Å²) in [5, 5.41) is 8.51. The van der Waals surface area contributed by atoms with E-state index in [1.807, 2.05) is 0 Å². The summed E-state index contributed by atoms with van der Waals surface area (Å²) >= 11 is 1.34. The monoisotopic (exact) mass is 296 g/mol. The first-order valence-corrected chi connectivity index (χ1v) is 6.43. The number of thiophene rings is 1. The van der Waals surface area contributed by atoms with Gasteiger partial charge in [-0.1, -0.05) is 0 Å². The van der Waals surface area contributed by atoms with Crippen LogP contribution in [0.3, 0.4) is 0 Å². The number of ether oxygens (including phenoxy) is 1. The quantitative estimate of drug-likeness (QED) is 0.856. The first-order chi connectivity index (χ1) is 9.52. The highest BCUT2D eigenvalue weighted by Gasteiger charge is 2.03. The molecule has 104 valence electrons. The molecule has 0 saturated heterocycles. The average molecular weight is 296 g/mol. The average Bonchev–Trinajstić information content (AvgIpc) is 2.81. The lowest BCUT2D eigenvalue weighted by Gasteiger charge is -2.04. The molecule has 0 radical (unpaired) electrons. The van der Waals surface area contributed by atoms with Crippen LogP contribution in [-0.4, -0.2) is 11.1 Å². The SMILES string of the molecule is O=C(O)C=Cc1ccc(COc2cc(F)cc(F)c2)s1. The van der Waals surface area contributed by atoms with Gasteiger partial charge in [0.1, 0.15) is 24.0 Å². The molecule has 2 rings (SSSR count). The summed E-state index contributed by atoms with van der Waals surface area (Å²) in [6, 6.07) is 6.48. The number of carboxylic acid groups (broad SMARTS) is 1. The van der Waals surface area contributed by atoms with Crippen LogP contribution in [0.2, 0.25) is 0 Å². The summed E-state index contributed by atoms with van der Waals surface area (Å²) in [4.78, 5) is 12.0. The molecule has 0 aliphatic heterocycles. The number of rotatable bonds is 5. The van der Waals surface area contributed by atoms with Crippen molar-refractivity contribution in [1.82, 2.24) is 0 Å². The van der Waals surface area contributed by atoms with Crippen molar-refractivity contribution in [3.63, 3.8) is 0 Å². The van der Waals surface area contributed by atoms with Crippen molar-refractivity contribution in [2.75, 3.05) is 0 Å². The molecule has 0 saturated carbocycles. The Morgan fingerprint density at radius 2 is 1.95 bits per heavy atom. The molecule has 0 unspecified atom stereocenters. The fourth-order valence-electron chi connectivity index (χ4n) is 1.48. The normalized spacial score (nSPS) is 10.9. The van der Waals surface area contributed by atoms with Gasteiger partial charge in [0.15, 0.2) is 0 Å². The fraction of sp³-hybridized carbons (Fsp3) is 0.0714. The first-order valence-electron chi connectivity index (χ1n) is 5.61. The number of aliphatic carboxylic acids is 1. The molecular formula is C14H10F2O3S. The van der Waals surface area contributed by atoms with Crippen LogP contribution in [0, 0.1) is 11.6 Å². The van der Waals surface area contributed by atoms with E-state index in [1.165, 1.54) is 17.4 Å². The molecule has 1 aromatic heterocycles. The molecule has 1 heterocycles. The molecule has 1 N–H and O–H groups in total. The summed E-state index contributed by atoms with van der Waals surface area (Å²) < 4.78 is 31.2. The maximum atomic E-state index is 13.0. The van der Waals surface area contributed by atoms with Crippen LogP contribution in [0.25, 0.3) is 6.08 Å². The van der Waals surface area contributed by atoms with Gasteiger partial charge in [-0.2, -0.15) is 0 Å². The number of hydrogen-bond acceptors (Lipinski definition) is 3. The van der Waals surface area contributed by atoms with Gasteiger partial charge in [-0.3, -0.25) is 0 Å². The van der Waals surface area contributed by atoms with Crippen LogP contribution >= 0.6 is 11.3 Å². The molecule has 20 heavy (non-hydrogen) atoms. The van der Waals surface area contributed by atoms with E-state index in [0.29, 0.717) is 0 Å². The van der Waals surface area contributed by atoms with Crippen molar-refractivity contribution >= 4 is 23.4 Å². The Labute approximate surface area is 117 Å². The first kappa shape index (κ1) is 14.2. The van der Waals surface area contributed by atoms with Crippen molar-refractivity contribution in [3.05, 3.63) is 57.8 Å².